The van der Waals surface area contributed by atoms with Crippen LogP contribution in [0.3, 0.4) is 0 Å². The van der Waals surface area contributed by atoms with Crippen molar-refractivity contribution >= 4 is 16.5 Å². The summed E-state index contributed by atoms with van der Waals surface area (Å²) in [4.78, 5) is 6.98. The van der Waals surface area contributed by atoms with Crippen LogP contribution in [0.5, 0.6) is 0 Å². The van der Waals surface area contributed by atoms with Crippen LogP contribution < -0.4 is 10.6 Å². The zero-order valence-electron chi connectivity index (χ0n) is 10.6. The molecule has 92 valence electrons. The number of anilines is 1. The number of hydrogen-bond donors (Lipinski definition) is 1. The van der Waals surface area contributed by atoms with Crippen molar-refractivity contribution in [2.45, 2.75) is 52.6 Å². The average Bonchev–Trinajstić information content (AvgIpc) is 2.77. The third-order valence-electron chi connectivity index (χ3n) is 2.87. The zero-order chi connectivity index (χ0) is 12.0. The van der Waals surface area contributed by atoms with Gasteiger partial charge in [-0.25, -0.2) is 4.98 Å². The first-order valence-corrected chi connectivity index (χ1v) is 7.02. The number of hydrogen-bond acceptors (Lipinski definition) is 4. The molecule has 1 heterocycles. The van der Waals surface area contributed by atoms with Crippen molar-refractivity contribution in [2.24, 2.45) is 5.73 Å². The molecule has 0 fully saturated rings. The summed E-state index contributed by atoms with van der Waals surface area (Å²) in [6.45, 7) is 8.35. The van der Waals surface area contributed by atoms with Crippen LogP contribution in [-0.2, 0) is 6.54 Å². The average molecular weight is 241 g/mol. The van der Waals surface area contributed by atoms with Gasteiger partial charge in [-0.05, 0) is 19.8 Å². The van der Waals surface area contributed by atoms with E-state index in [4.69, 9.17) is 5.73 Å². The van der Waals surface area contributed by atoms with E-state index >= 15 is 0 Å². The Kier molecular flexibility index (Phi) is 5.77. The summed E-state index contributed by atoms with van der Waals surface area (Å²) >= 11 is 1.71. The van der Waals surface area contributed by atoms with Gasteiger partial charge in [0.15, 0.2) is 5.13 Å². The van der Waals surface area contributed by atoms with Gasteiger partial charge in [0.1, 0.15) is 0 Å². The molecule has 1 unspecified atom stereocenters. The summed E-state index contributed by atoms with van der Waals surface area (Å²) in [6, 6.07) is 0.559. The molecule has 1 atom stereocenters. The summed E-state index contributed by atoms with van der Waals surface area (Å²) in [7, 11) is 0. The Hall–Kier alpha value is -0.610. The first-order valence-electron chi connectivity index (χ1n) is 6.14. The Morgan fingerprint density at radius 1 is 1.50 bits per heavy atom. The molecule has 0 amide bonds. The van der Waals surface area contributed by atoms with Crippen LogP contribution in [0.15, 0.2) is 5.38 Å². The lowest BCUT2D eigenvalue weighted by molar-refractivity contribution is 0.594. The van der Waals surface area contributed by atoms with Crippen molar-refractivity contribution in [1.29, 1.82) is 0 Å². The molecule has 16 heavy (non-hydrogen) atoms. The summed E-state index contributed by atoms with van der Waals surface area (Å²) in [5, 5.41) is 3.19. The Morgan fingerprint density at radius 2 is 2.25 bits per heavy atom. The number of nitrogens with zero attached hydrogens (tertiary/aromatic N) is 2. The van der Waals surface area contributed by atoms with Crippen molar-refractivity contribution in [2.75, 3.05) is 11.4 Å². The highest BCUT2D eigenvalue weighted by Crippen LogP contribution is 2.23. The summed E-state index contributed by atoms with van der Waals surface area (Å²) in [5.74, 6) is 0. The minimum absolute atomic E-state index is 0.540. The van der Waals surface area contributed by atoms with Crippen molar-refractivity contribution in [3.8, 4) is 0 Å². The third-order valence-corrected chi connectivity index (χ3v) is 3.80. The summed E-state index contributed by atoms with van der Waals surface area (Å²) in [6.07, 6.45) is 3.60. The van der Waals surface area contributed by atoms with Gasteiger partial charge in [-0.2, -0.15) is 0 Å². The van der Waals surface area contributed by atoms with Crippen LogP contribution in [0.25, 0.3) is 0 Å². The van der Waals surface area contributed by atoms with Gasteiger partial charge in [0.25, 0.3) is 0 Å². The second-order valence-electron chi connectivity index (χ2n) is 4.13. The van der Waals surface area contributed by atoms with E-state index in [1.807, 2.05) is 0 Å². The molecule has 0 aliphatic carbocycles. The molecule has 0 bridgehead atoms. The standard InChI is InChI=1S/C12H23N3S/c1-4-6-7-15(10(3)5-2)12-14-11(8-13)9-16-12/h9-10H,4-8,13H2,1-3H3. The zero-order valence-corrected chi connectivity index (χ0v) is 11.4. The number of thiazole rings is 1. The third kappa shape index (κ3) is 3.46. The molecule has 0 radical (unpaired) electrons. The maximum absolute atomic E-state index is 5.60. The van der Waals surface area contributed by atoms with Crippen molar-refractivity contribution < 1.29 is 0 Å². The predicted molar refractivity (Wildman–Crippen MR) is 72.0 cm³/mol. The van der Waals surface area contributed by atoms with Crippen molar-refractivity contribution in [1.82, 2.24) is 4.98 Å². The van der Waals surface area contributed by atoms with Crippen LogP contribution in [0.2, 0.25) is 0 Å². The van der Waals surface area contributed by atoms with Gasteiger partial charge >= 0.3 is 0 Å². The fourth-order valence-electron chi connectivity index (χ4n) is 1.58. The molecule has 1 aromatic rings. The van der Waals surface area contributed by atoms with E-state index in [0.29, 0.717) is 12.6 Å². The minimum atomic E-state index is 0.540. The highest BCUT2D eigenvalue weighted by molar-refractivity contribution is 7.13. The topological polar surface area (TPSA) is 42.2 Å². The van der Waals surface area contributed by atoms with E-state index in [-0.39, 0.29) is 0 Å². The largest absolute Gasteiger partial charge is 0.345 e. The highest BCUT2D eigenvalue weighted by atomic mass is 32.1. The molecule has 4 heteroatoms. The number of nitrogens with two attached hydrogens (primary N) is 1. The second-order valence-corrected chi connectivity index (χ2v) is 4.97. The molecule has 0 aliphatic rings. The molecule has 1 aromatic heterocycles. The Bertz CT molecular complexity index is 298. The molecular weight excluding hydrogens is 218 g/mol. The normalized spacial score (nSPS) is 12.8. The lowest BCUT2D eigenvalue weighted by Crippen LogP contribution is -2.33. The van der Waals surface area contributed by atoms with Crippen LogP contribution >= 0.6 is 11.3 Å². The van der Waals surface area contributed by atoms with Crippen LogP contribution in [0.1, 0.15) is 45.7 Å². The number of aromatic nitrogens is 1. The molecule has 1 rings (SSSR count). The van der Waals surface area contributed by atoms with Gasteiger partial charge in [-0.3, -0.25) is 0 Å². The predicted octanol–water partition coefficient (Wildman–Crippen LogP) is 3.01. The molecule has 0 saturated heterocycles. The number of rotatable bonds is 7. The lowest BCUT2D eigenvalue weighted by Gasteiger charge is -2.28. The Balaban J connectivity index is 2.74. The van der Waals surface area contributed by atoms with Gasteiger partial charge < -0.3 is 10.6 Å². The fraction of sp³-hybridized carbons (Fsp3) is 0.750. The fourth-order valence-corrected chi connectivity index (χ4v) is 2.54. The SMILES string of the molecule is CCCCN(c1nc(CN)cs1)C(C)CC. The van der Waals surface area contributed by atoms with Crippen LogP contribution in [-0.4, -0.2) is 17.6 Å². The Morgan fingerprint density at radius 3 is 2.75 bits per heavy atom. The van der Waals surface area contributed by atoms with Crippen LogP contribution in [0.4, 0.5) is 5.13 Å². The quantitative estimate of drug-likeness (QED) is 0.798. The lowest BCUT2D eigenvalue weighted by atomic mass is 10.2. The van der Waals surface area contributed by atoms with E-state index in [2.05, 4.69) is 36.0 Å². The van der Waals surface area contributed by atoms with E-state index in [1.54, 1.807) is 11.3 Å². The maximum atomic E-state index is 5.60. The Labute approximate surface area is 103 Å². The molecule has 0 aromatic carbocycles. The first kappa shape index (κ1) is 13.5. The first-order chi connectivity index (χ1) is 7.72. The number of unbranched alkanes of at least 4 members (excludes halogenated alkanes) is 1. The van der Waals surface area contributed by atoms with E-state index < -0.39 is 0 Å². The van der Waals surface area contributed by atoms with Gasteiger partial charge in [-0.1, -0.05) is 20.3 Å². The smallest absolute Gasteiger partial charge is 0.185 e. The van der Waals surface area contributed by atoms with Crippen LogP contribution in [0, 0.1) is 0 Å². The van der Waals surface area contributed by atoms with Gasteiger partial charge in [-0.15, -0.1) is 11.3 Å². The molecule has 0 saturated carbocycles. The molecule has 2 N–H and O–H groups in total. The summed E-state index contributed by atoms with van der Waals surface area (Å²) < 4.78 is 0. The molecular formula is C12H23N3S. The molecule has 0 spiro atoms. The van der Waals surface area contributed by atoms with Gasteiger partial charge in [0.2, 0.25) is 0 Å². The monoisotopic (exact) mass is 241 g/mol. The van der Waals surface area contributed by atoms with E-state index in [1.165, 1.54) is 12.8 Å². The second kappa shape index (κ2) is 6.86. The van der Waals surface area contributed by atoms with E-state index in [9.17, 15) is 0 Å². The summed E-state index contributed by atoms with van der Waals surface area (Å²) in [5.41, 5.74) is 6.60. The van der Waals surface area contributed by atoms with Crippen molar-refractivity contribution in [3.05, 3.63) is 11.1 Å². The van der Waals surface area contributed by atoms with Gasteiger partial charge in [0.05, 0.1) is 5.69 Å². The molecule has 3 nitrogen and oxygen atoms in total. The van der Waals surface area contributed by atoms with E-state index in [0.717, 1.165) is 23.8 Å². The highest BCUT2D eigenvalue weighted by Gasteiger charge is 2.15. The van der Waals surface area contributed by atoms with Gasteiger partial charge in [0, 0.05) is 24.5 Å². The maximum Gasteiger partial charge on any atom is 0.185 e. The minimum Gasteiger partial charge on any atom is -0.345 e. The molecule has 0 aliphatic heterocycles. The van der Waals surface area contributed by atoms with Crippen molar-refractivity contribution in [3.63, 3.8) is 0 Å².